The van der Waals surface area contributed by atoms with Gasteiger partial charge in [0.2, 0.25) is 0 Å². The second-order valence-corrected chi connectivity index (χ2v) is 6.03. The second kappa shape index (κ2) is 6.63. The van der Waals surface area contributed by atoms with Gasteiger partial charge in [0, 0.05) is 23.5 Å². The Labute approximate surface area is 127 Å². The average Bonchev–Trinajstić information content (AvgIpc) is 3.13. The molecule has 1 aliphatic rings. The van der Waals surface area contributed by atoms with Gasteiger partial charge in [-0.15, -0.1) is 0 Å². The number of hydrogen-bond donors (Lipinski definition) is 1. The van der Waals surface area contributed by atoms with Gasteiger partial charge >= 0.3 is 0 Å². The lowest BCUT2D eigenvalue weighted by molar-refractivity contribution is 0.199. The maximum atomic E-state index is 6.06. The molecule has 1 aliphatic carbocycles. The van der Waals surface area contributed by atoms with Crippen molar-refractivity contribution in [1.29, 1.82) is 0 Å². The number of hydrogen-bond acceptors (Lipinski definition) is 3. The van der Waals surface area contributed by atoms with Crippen LogP contribution in [-0.2, 0) is 13.1 Å². The summed E-state index contributed by atoms with van der Waals surface area (Å²) in [5.41, 5.74) is 2.38. The van der Waals surface area contributed by atoms with E-state index < -0.39 is 0 Å². The van der Waals surface area contributed by atoms with Crippen molar-refractivity contribution in [3.05, 3.63) is 35.6 Å². The van der Waals surface area contributed by atoms with Crippen molar-refractivity contribution in [3.63, 3.8) is 0 Å². The molecule has 0 saturated heterocycles. The third-order valence-electron chi connectivity index (χ3n) is 4.73. The van der Waals surface area contributed by atoms with E-state index in [1.54, 1.807) is 0 Å². The summed E-state index contributed by atoms with van der Waals surface area (Å²) in [4.78, 5) is 2.63. The lowest BCUT2D eigenvalue weighted by Gasteiger charge is -2.27. The van der Waals surface area contributed by atoms with Gasteiger partial charge in [0.25, 0.3) is 0 Å². The molecule has 1 aromatic carbocycles. The summed E-state index contributed by atoms with van der Waals surface area (Å²) >= 11 is 0. The minimum Gasteiger partial charge on any atom is -0.459 e. The van der Waals surface area contributed by atoms with Crippen molar-refractivity contribution in [2.75, 3.05) is 13.6 Å². The maximum absolute atomic E-state index is 6.06. The van der Waals surface area contributed by atoms with Crippen molar-refractivity contribution in [3.8, 4) is 0 Å². The quantitative estimate of drug-likeness (QED) is 0.872. The molecule has 0 bridgehead atoms. The first-order valence-electron chi connectivity index (χ1n) is 8.21. The summed E-state index contributed by atoms with van der Waals surface area (Å²) in [6.07, 6.45) is 5.48. The van der Waals surface area contributed by atoms with Gasteiger partial charge in [-0.25, -0.2) is 0 Å². The van der Waals surface area contributed by atoms with Crippen molar-refractivity contribution in [2.24, 2.45) is 0 Å². The van der Waals surface area contributed by atoms with Crippen molar-refractivity contribution in [2.45, 2.75) is 51.7 Å². The van der Waals surface area contributed by atoms with Gasteiger partial charge < -0.3 is 9.73 Å². The van der Waals surface area contributed by atoms with E-state index in [-0.39, 0.29) is 0 Å². The highest BCUT2D eigenvalue weighted by atomic mass is 16.3. The molecule has 2 aromatic rings. The zero-order valence-corrected chi connectivity index (χ0v) is 13.2. The Bertz CT molecular complexity index is 584. The van der Waals surface area contributed by atoms with Crippen LogP contribution in [-0.4, -0.2) is 24.5 Å². The number of nitrogens with one attached hydrogen (secondary N) is 1. The maximum Gasteiger partial charge on any atom is 0.134 e. The Kier molecular flexibility index (Phi) is 4.61. The summed E-state index contributed by atoms with van der Waals surface area (Å²) in [5, 5.41) is 4.51. The standard InChI is InChI=1S/C18H26N2O/c1-3-20(14-8-4-5-9-14)13-16-15-10-6-7-11-17(15)21-18(16)12-19-2/h6-7,10-11,14,19H,3-5,8-9,12-13H2,1-2H3. The Balaban J connectivity index is 1.91. The molecule has 0 unspecified atom stereocenters. The molecule has 0 aliphatic heterocycles. The van der Waals surface area contributed by atoms with E-state index in [1.165, 1.54) is 36.6 Å². The molecule has 1 heterocycles. The predicted molar refractivity (Wildman–Crippen MR) is 87.3 cm³/mol. The number of fused-ring (bicyclic) bond motifs is 1. The van der Waals surface area contributed by atoms with E-state index in [0.717, 1.165) is 37.0 Å². The van der Waals surface area contributed by atoms with E-state index in [1.807, 2.05) is 13.1 Å². The molecule has 0 amide bonds. The summed E-state index contributed by atoms with van der Waals surface area (Å²) in [7, 11) is 1.98. The molecule has 3 rings (SSSR count). The van der Waals surface area contributed by atoms with E-state index in [2.05, 4.69) is 35.3 Å². The molecule has 0 radical (unpaired) electrons. The Hall–Kier alpha value is -1.32. The van der Waals surface area contributed by atoms with Gasteiger partial charge in [-0.05, 0) is 32.5 Å². The lowest BCUT2D eigenvalue weighted by atomic mass is 10.1. The first-order valence-corrected chi connectivity index (χ1v) is 8.21. The Morgan fingerprint density at radius 3 is 2.71 bits per heavy atom. The van der Waals surface area contributed by atoms with Crippen LogP contribution in [0.15, 0.2) is 28.7 Å². The van der Waals surface area contributed by atoms with E-state index >= 15 is 0 Å². The van der Waals surface area contributed by atoms with E-state index in [4.69, 9.17) is 4.42 Å². The van der Waals surface area contributed by atoms with Gasteiger partial charge in [0.15, 0.2) is 0 Å². The van der Waals surface area contributed by atoms with Crippen LogP contribution < -0.4 is 5.32 Å². The van der Waals surface area contributed by atoms with Gasteiger partial charge in [0.05, 0.1) is 6.54 Å². The molecule has 3 heteroatoms. The number of rotatable bonds is 6. The van der Waals surface area contributed by atoms with Crippen LogP contribution in [0.4, 0.5) is 0 Å². The fourth-order valence-corrected chi connectivity index (χ4v) is 3.60. The summed E-state index contributed by atoms with van der Waals surface area (Å²) in [5.74, 6) is 1.09. The third kappa shape index (κ3) is 2.99. The van der Waals surface area contributed by atoms with Crippen LogP contribution in [0.3, 0.4) is 0 Å². The van der Waals surface area contributed by atoms with E-state index in [0.29, 0.717) is 0 Å². The van der Waals surface area contributed by atoms with Crippen molar-refractivity contribution in [1.82, 2.24) is 10.2 Å². The minimum absolute atomic E-state index is 0.756. The molecule has 114 valence electrons. The number of para-hydroxylation sites is 1. The molecule has 1 N–H and O–H groups in total. The molecule has 1 saturated carbocycles. The Morgan fingerprint density at radius 1 is 1.24 bits per heavy atom. The fraction of sp³-hybridized carbons (Fsp3) is 0.556. The normalized spacial score (nSPS) is 16.3. The number of nitrogens with zero attached hydrogens (tertiary/aromatic N) is 1. The first kappa shape index (κ1) is 14.6. The van der Waals surface area contributed by atoms with Crippen LogP contribution in [0, 0.1) is 0 Å². The Morgan fingerprint density at radius 2 is 2.00 bits per heavy atom. The van der Waals surface area contributed by atoms with Gasteiger partial charge in [-0.1, -0.05) is 38.0 Å². The lowest BCUT2D eigenvalue weighted by Crippen LogP contribution is -2.32. The van der Waals surface area contributed by atoms with Gasteiger partial charge in [-0.2, -0.15) is 0 Å². The molecule has 21 heavy (non-hydrogen) atoms. The van der Waals surface area contributed by atoms with E-state index in [9.17, 15) is 0 Å². The predicted octanol–water partition coefficient (Wildman–Crippen LogP) is 3.92. The molecule has 3 nitrogen and oxygen atoms in total. The molecule has 0 spiro atoms. The molecule has 1 fully saturated rings. The average molecular weight is 286 g/mol. The fourth-order valence-electron chi connectivity index (χ4n) is 3.60. The number of furan rings is 1. The molecule has 1 aromatic heterocycles. The largest absolute Gasteiger partial charge is 0.459 e. The van der Waals surface area contributed by atoms with Crippen LogP contribution in [0.25, 0.3) is 11.0 Å². The summed E-state index contributed by atoms with van der Waals surface area (Å²) in [6.45, 7) is 5.20. The zero-order valence-electron chi connectivity index (χ0n) is 13.2. The third-order valence-corrected chi connectivity index (χ3v) is 4.73. The second-order valence-electron chi connectivity index (χ2n) is 6.03. The van der Waals surface area contributed by atoms with Crippen LogP contribution in [0.1, 0.15) is 43.9 Å². The first-order chi connectivity index (χ1) is 10.3. The summed E-state index contributed by atoms with van der Waals surface area (Å²) in [6, 6.07) is 9.18. The highest BCUT2D eigenvalue weighted by molar-refractivity contribution is 5.82. The SMILES string of the molecule is CCN(Cc1c(CNC)oc2ccccc12)C1CCCC1. The smallest absolute Gasteiger partial charge is 0.134 e. The molecule has 0 atom stereocenters. The van der Waals surface area contributed by atoms with Crippen molar-refractivity contribution < 1.29 is 4.42 Å². The summed E-state index contributed by atoms with van der Waals surface area (Å²) < 4.78 is 6.06. The zero-order chi connectivity index (χ0) is 14.7. The molecular formula is C18H26N2O. The topological polar surface area (TPSA) is 28.4 Å². The van der Waals surface area contributed by atoms with Gasteiger partial charge in [0.1, 0.15) is 11.3 Å². The van der Waals surface area contributed by atoms with Crippen LogP contribution in [0.2, 0.25) is 0 Å². The van der Waals surface area contributed by atoms with Crippen LogP contribution >= 0.6 is 0 Å². The molecular weight excluding hydrogens is 260 g/mol. The highest BCUT2D eigenvalue weighted by Gasteiger charge is 2.24. The monoisotopic (exact) mass is 286 g/mol. The van der Waals surface area contributed by atoms with Gasteiger partial charge in [-0.3, -0.25) is 4.90 Å². The highest BCUT2D eigenvalue weighted by Crippen LogP contribution is 2.30. The minimum atomic E-state index is 0.756. The number of benzene rings is 1. The van der Waals surface area contributed by atoms with Crippen molar-refractivity contribution >= 4 is 11.0 Å². The van der Waals surface area contributed by atoms with Crippen LogP contribution in [0.5, 0.6) is 0 Å².